The van der Waals surface area contributed by atoms with E-state index in [0.717, 1.165) is 5.56 Å². The lowest BCUT2D eigenvalue weighted by molar-refractivity contribution is -0.136. The number of nitrogens with zero attached hydrogens (tertiary/aromatic N) is 1. The number of fused-ring (bicyclic) bond motifs is 1. The zero-order valence-electron chi connectivity index (χ0n) is 13.7. The van der Waals surface area contributed by atoms with E-state index in [1.165, 1.54) is 16.7 Å². The van der Waals surface area contributed by atoms with Crippen LogP contribution in [0, 0.1) is 13.8 Å². The van der Waals surface area contributed by atoms with Gasteiger partial charge in [0, 0.05) is 16.6 Å². The Labute approximate surface area is 149 Å². The van der Waals surface area contributed by atoms with Crippen molar-refractivity contribution < 1.29 is 19.8 Å². The van der Waals surface area contributed by atoms with Gasteiger partial charge in [0.1, 0.15) is 5.75 Å². The van der Waals surface area contributed by atoms with Gasteiger partial charge in [0.15, 0.2) is 0 Å². The van der Waals surface area contributed by atoms with Gasteiger partial charge in [0.2, 0.25) is 0 Å². The molecule has 25 heavy (non-hydrogen) atoms. The third kappa shape index (κ3) is 2.98. The van der Waals surface area contributed by atoms with E-state index < -0.39 is 5.97 Å². The molecule has 1 aromatic heterocycles. The van der Waals surface area contributed by atoms with E-state index in [1.54, 1.807) is 19.1 Å². The number of aliphatic carboxylic acids is 1. The summed E-state index contributed by atoms with van der Waals surface area (Å²) < 4.78 is 1.45. The van der Waals surface area contributed by atoms with E-state index >= 15 is 0 Å². The lowest BCUT2D eigenvalue weighted by Gasteiger charge is -2.08. The van der Waals surface area contributed by atoms with Crippen molar-refractivity contribution in [3.8, 4) is 5.75 Å². The fraction of sp³-hybridized carbons (Fsp3) is 0.158. The van der Waals surface area contributed by atoms with Crippen LogP contribution in [-0.2, 0) is 11.2 Å². The van der Waals surface area contributed by atoms with Gasteiger partial charge in [-0.1, -0.05) is 29.3 Å². The number of hydrogen-bond donors (Lipinski definition) is 2. The van der Waals surface area contributed by atoms with Gasteiger partial charge in [0.05, 0.1) is 17.0 Å². The second kappa shape index (κ2) is 6.26. The van der Waals surface area contributed by atoms with E-state index in [1.807, 2.05) is 19.1 Å². The molecule has 5 nitrogen and oxygen atoms in total. The lowest BCUT2D eigenvalue weighted by Crippen LogP contribution is -2.14. The summed E-state index contributed by atoms with van der Waals surface area (Å²) in [6.45, 7) is 3.62. The molecule has 0 saturated carbocycles. The third-order valence-corrected chi connectivity index (χ3v) is 4.54. The summed E-state index contributed by atoms with van der Waals surface area (Å²) in [5, 5.41) is 19.7. The van der Waals surface area contributed by atoms with Crippen molar-refractivity contribution in [2.24, 2.45) is 0 Å². The van der Waals surface area contributed by atoms with Crippen LogP contribution in [0.3, 0.4) is 0 Å². The molecule has 0 aliphatic carbocycles. The van der Waals surface area contributed by atoms with Crippen LogP contribution >= 0.6 is 11.6 Å². The normalized spacial score (nSPS) is 11.0. The maximum atomic E-state index is 13.0. The molecular weight excluding hydrogens is 342 g/mol. The van der Waals surface area contributed by atoms with Crippen molar-refractivity contribution in [2.75, 3.05) is 0 Å². The molecule has 2 aromatic carbocycles. The fourth-order valence-electron chi connectivity index (χ4n) is 2.95. The number of aryl methyl sites for hydroxylation is 1. The van der Waals surface area contributed by atoms with Gasteiger partial charge in [-0.05, 0) is 43.7 Å². The minimum absolute atomic E-state index is 0.102. The number of halogens is 1. The van der Waals surface area contributed by atoms with Crippen LogP contribution < -0.4 is 0 Å². The Kier molecular flexibility index (Phi) is 4.27. The highest BCUT2D eigenvalue weighted by molar-refractivity contribution is 6.33. The summed E-state index contributed by atoms with van der Waals surface area (Å²) in [6.07, 6.45) is -0.252. The van der Waals surface area contributed by atoms with Crippen LogP contribution in [0.25, 0.3) is 10.9 Å². The van der Waals surface area contributed by atoms with Gasteiger partial charge in [-0.3, -0.25) is 14.2 Å². The molecule has 3 aromatic rings. The van der Waals surface area contributed by atoms with Gasteiger partial charge in [-0.2, -0.15) is 0 Å². The summed E-state index contributed by atoms with van der Waals surface area (Å²) in [5.74, 6) is -1.44. The quantitative estimate of drug-likeness (QED) is 0.744. The van der Waals surface area contributed by atoms with E-state index in [0.29, 0.717) is 27.7 Å². The summed E-state index contributed by atoms with van der Waals surface area (Å²) in [4.78, 5) is 24.2. The zero-order valence-corrected chi connectivity index (χ0v) is 14.5. The second-order valence-electron chi connectivity index (χ2n) is 5.96. The molecule has 0 aliphatic rings. The maximum Gasteiger partial charge on any atom is 0.307 e. The van der Waals surface area contributed by atoms with Crippen LogP contribution in [0.4, 0.5) is 0 Å². The van der Waals surface area contributed by atoms with Crippen molar-refractivity contribution in [1.29, 1.82) is 0 Å². The number of aromatic nitrogens is 1. The summed E-state index contributed by atoms with van der Waals surface area (Å²) in [7, 11) is 0. The first-order valence-electron chi connectivity index (χ1n) is 7.65. The second-order valence-corrected chi connectivity index (χ2v) is 6.37. The average Bonchev–Trinajstić information content (AvgIpc) is 2.80. The zero-order chi connectivity index (χ0) is 18.3. The number of carboxylic acid groups (broad SMARTS) is 1. The van der Waals surface area contributed by atoms with Crippen LogP contribution in [0.15, 0.2) is 36.4 Å². The van der Waals surface area contributed by atoms with Crippen molar-refractivity contribution in [3.05, 3.63) is 63.8 Å². The smallest absolute Gasteiger partial charge is 0.307 e. The molecule has 1 heterocycles. The standard InChI is InChI=1S/C19H16ClNO4/c1-10-3-5-12(6-4-10)19(25)21-11(2)13(8-18(23)24)14-7-17(22)15(20)9-16(14)21/h3-7,9,22H,8H2,1-2H3,(H,23,24). The molecule has 0 saturated heterocycles. The van der Waals surface area contributed by atoms with E-state index in [9.17, 15) is 19.8 Å². The first kappa shape index (κ1) is 17.0. The summed E-state index contributed by atoms with van der Waals surface area (Å²) in [6, 6.07) is 10.0. The molecular formula is C19H16ClNO4. The van der Waals surface area contributed by atoms with Gasteiger partial charge >= 0.3 is 5.97 Å². The van der Waals surface area contributed by atoms with Crippen LogP contribution in [0.1, 0.15) is 27.2 Å². The molecule has 2 N–H and O–H groups in total. The SMILES string of the molecule is Cc1ccc(C(=O)n2c(C)c(CC(=O)O)c3cc(O)c(Cl)cc32)cc1. The van der Waals surface area contributed by atoms with Crippen molar-refractivity contribution >= 4 is 34.4 Å². The largest absolute Gasteiger partial charge is 0.506 e. The molecule has 0 amide bonds. The minimum Gasteiger partial charge on any atom is -0.506 e. The molecule has 0 bridgehead atoms. The summed E-state index contributed by atoms with van der Waals surface area (Å²) >= 11 is 6.01. The van der Waals surface area contributed by atoms with Crippen molar-refractivity contribution in [3.63, 3.8) is 0 Å². The van der Waals surface area contributed by atoms with Gasteiger partial charge < -0.3 is 10.2 Å². The molecule has 3 rings (SSSR count). The molecule has 0 aliphatic heterocycles. The fourth-order valence-corrected chi connectivity index (χ4v) is 3.11. The van der Waals surface area contributed by atoms with Crippen LogP contribution in [0.5, 0.6) is 5.75 Å². The molecule has 0 unspecified atom stereocenters. The number of carbonyl (C=O) groups excluding carboxylic acids is 1. The Morgan fingerprint density at radius 2 is 1.76 bits per heavy atom. The predicted octanol–water partition coefficient (Wildman–Crippen LogP) is 3.93. The highest BCUT2D eigenvalue weighted by Crippen LogP contribution is 2.34. The van der Waals surface area contributed by atoms with E-state index in [-0.39, 0.29) is 23.1 Å². The Hall–Kier alpha value is -2.79. The monoisotopic (exact) mass is 357 g/mol. The van der Waals surface area contributed by atoms with Crippen LogP contribution in [-0.4, -0.2) is 26.7 Å². The summed E-state index contributed by atoms with van der Waals surface area (Å²) in [5.41, 5.74) is 2.99. The number of hydrogen-bond acceptors (Lipinski definition) is 3. The van der Waals surface area contributed by atoms with Gasteiger partial charge in [-0.25, -0.2) is 0 Å². The first-order valence-corrected chi connectivity index (χ1v) is 8.03. The Bertz CT molecular complexity index is 1000. The third-order valence-electron chi connectivity index (χ3n) is 4.23. The van der Waals surface area contributed by atoms with Crippen LogP contribution in [0.2, 0.25) is 5.02 Å². The molecule has 128 valence electrons. The number of phenols is 1. The molecule has 0 radical (unpaired) electrons. The molecule has 0 spiro atoms. The molecule has 0 fully saturated rings. The predicted molar refractivity (Wildman–Crippen MR) is 95.6 cm³/mol. The lowest BCUT2D eigenvalue weighted by atomic mass is 10.1. The minimum atomic E-state index is -1.01. The topological polar surface area (TPSA) is 79.5 Å². The number of benzene rings is 2. The van der Waals surface area contributed by atoms with Gasteiger partial charge in [0.25, 0.3) is 5.91 Å². The van der Waals surface area contributed by atoms with E-state index in [4.69, 9.17) is 11.6 Å². The highest BCUT2D eigenvalue weighted by atomic mass is 35.5. The highest BCUT2D eigenvalue weighted by Gasteiger charge is 2.22. The number of rotatable bonds is 3. The van der Waals surface area contributed by atoms with Crippen molar-refractivity contribution in [1.82, 2.24) is 4.57 Å². The maximum absolute atomic E-state index is 13.0. The van der Waals surface area contributed by atoms with Crippen molar-refractivity contribution in [2.45, 2.75) is 20.3 Å². The number of aromatic hydroxyl groups is 1. The number of carboxylic acids is 1. The Morgan fingerprint density at radius 3 is 2.36 bits per heavy atom. The number of phenolic OH excluding ortho intramolecular Hbond substituents is 1. The molecule has 6 heteroatoms. The average molecular weight is 358 g/mol. The first-order chi connectivity index (χ1) is 11.8. The number of carbonyl (C=O) groups is 2. The Balaban J connectivity index is 2.28. The van der Waals surface area contributed by atoms with E-state index in [2.05, 4.69) is 0 Å². The molecule has 0 atom stereocenters. The van der Waals surface area contributed by atoms with Gasteiger partial charge in [-0.15, -0.1) is 0 Å². The Morgan fingerprint density at radius 1 is 1.12 bits per heavy atom.